The smallest absolute Gasteiger partial charge is 0.211 e. The van der Waals surface area contributed by atoms with Crippen molar-refractivity contribution in [3.63, 3.8) is 0 Å². The van der Waals surface area contributed by atoms with Crippen molar-refractivity contribution in [2.75, 3.05) is 6.54 Å². The monoisotopic (exact) mass is 345 g/mol. The molecule has 6 heteroatoms. The lowest BCUT2D eigenvalue weighted by atomic mass is 10.3. The number of sulfonamides is 1. The molecular formula is C12H12BrNO2S2. The van der Waals surface area contributed by atoms with Crippen LogP contribution in [0.25, 0.3) is 0 Å². The predicted molar refractivity (Wildman–Crippen MR) is 77.4 cm³/mol. The molecule has 2 rings (SSSR count). The van der Waals surface area contributed by atoms with Gasteiger partial charge in [0.25, 0.3) is 0 Å². The summed E-state index contributed by atoms with van der Waals surface area (Å²) in [7, 11) is -3.38. The summed E-state index contributed by atoms with van der Waals surface area (Å²) in [5.41, 5.74) is 0. The third-order valence-electron chi connectivity index (χ3n) is 2.34. The minimum atomic E-state index is -3.38. The van der Waals surface area contributed by atoms with Crippen LogP contribution in [0.3, 0.4) is 0 Å². The third kappa shape index (κ3) is 3.65. The quantitative estimate of drug-likeness (QED) is 0.905. The van der Waals surface area contributed by atoms with Crippen molar-refractivity contribution in [1.29, 1.82) is 0 Å². The van der Waals surface area contributed by atoms with Gasteiger partial charge >= 0.3 is 0 Å². The Morgan fingerprint density at radius 2 is 1.94 bits per heavy atom. The molecule has 0 aliphatic rings. The van der Waals surface area contributed by atoms with Crippen LogP contribution in [0.1, 0.15) is 4.88 Å². The molecule has 0 amide bonds. The maximum Gasteiger partial charge on any atom is 0.240 e. The lowest BCUT2D eigenvalue weighted by molar-refractivity contribution is 0.582. The maximum absolute atomic E-state index is 11.9. The number of rotatable bonds is 5. The van der Waals surface area contributed by atoms with Gasteiger partial charge in [0, 0.05) is 21.3 Å². The molecule has 1 N–H and O–H groups in total. The van der Waals surface area contributed by atoms with Crippen molar-refractivity contribution in [2.45, 2.75) is 11.3 Å². The van der Waals surface area contributed by atoms with Gasteiger partial charge in [0.2, 0.25) is 10.0 Å². The van der Waals surface area contributed by atoms with E-state index >= 15 is 0 Å². The Morgan fingerprint density at radius 1 is 1.22 bits per heavy atom. The SMILES string of the molecule is O=S(=O)(NCCc1cc(Br)cs1)c1ccccc1. The van der Waals surface area contributed by atoms with Crippen LogP contribution in [0.5, 0.6) is 0 Å². The molecule has 0 aliphatic heterocycles. The van der Waals surface area contributed by atoms with Gasteiger partial charge in [-0.25, -0.2) is 13.1 Å². The standard InChI is InChI=1S/C12H12BrNO2S2/c13-10-8-11(17-9-10)6-7-14-18(15,16)12-4-2-1-3-5-12/h1-5,8-9,14H,6-7H2. The first kappa shape index (κ1) is 13.7. The van der Waals surface area contributed by atoms with Gasteiger partial charge in [-0.3, -0.25) is 0 Å². The van der Waals surface area contributed by atoms with Crippen LogP contribution < -0.4 is 4.72 Å². The molecule has 2 aromatic rings. The van der Waals surface area contributed by atoms with E-state index in [1.165, 1.54) is 0 Å². The summed E-state index contributed by atoms with van der Waals surface area (Å²) in [6.07, 6.45) is 0.697. The van der Waals surface area contributed by atoms with Crippen molar-refractivity contribution >= 4 is 37.3 Å². The van der Waals surface area contributed by atoms with Gasteiger partial charge < -0.3 is 0 Å². The first-order valence-corrected chi connectivity index (χ1v) is 8.51. The molecule has 0 fully saturated rings. The predicted octanol–water partition coefficient (Wildman–Crippen LogP) is 3.03. The topological polar surface area (TPSA) is 46.2 Å². The lowest BCUT2D eigenvalue weighted by Gasteiger charge is -2.05. The van der Waals surface area contributed by atoms with Crippen molar-refractivity contribution in [1.82, 2.24) is 4.72 Å². The molecule has 0 saturated carbocycles. The zero-order valence-electron chi connectivity index (χ0n) is 9.47. The molecule has 96 valence electrons. The average Bonchev–Trinajstić information content (AvgIpc) is 2.76. The Hall–Kier alpha value is -0.690. The Balaban J connectivity index is 1.94. The zero-order valence-corrected chi connectivity index (χ0v) is 12.7. The van der Waals surface area contributed by atoms with Crippen LogP contribution in [-0.2, 0) is 16.4 Å². The minimum Gasteiger partial charge on any atom is -0.211 e. The first-order valence-electron chi connectivity index (χ1n) is 5.35. The van der Waals surface area contributed by atoms with Crippen LogP contribution in [0.2, 0.25) is 0 Å². The van der Waals surface area contributed by atoms with E-state index in [2.05, 4.69) is 20.7 Å². The van der Waals surface area contributed by atoms with Gasteiger partial charge in [-0.05, 0) is 40.5 Å². The molecule has 0 aliphatic carbocycles. The van der Waals surface area contributed by atoms with Gasteiger partial charge in [-0.2, -0.15) is 0 Å². The molecule has 0 unspecified atom stereocenters. The van der Waals surface area contributed by atoms with Crippen LogP contribution in [0.4, 0.5) is 0 Å². The van der Waals surface area contributed by atoms with E-state index < -0.39 is 10.0 Å². The summed E-state index contributed by atoms with van der Waals surface area (Å²) in [6.45, 7) is 0.407. The minimum absolute atomic E-state index is 0.303. The highest BCUT2D eigenvalue weighted by atomic mass is 79.9. The second-order valence-corrected chi connectivity index (χ2v) is 7.37. The van der Waals surface area contributed by atoms with Crippen LogP contribution in [0, 0.1) is 0 Å². The average molecular weight is 346 g/mol. The molecule has 0 atom stereocenters. The number of hydrogen-bond acceptors (Lipinski definition) is 3. The zero-order chi connectivity index (χ0) is 13.0. The Kier molecular flexibility index (Phi) is 4.55. The van der Waals surface area contributed by atoms with Gasteiger partial charge in [0.05, 0.1) is 4.90 Å². The van der Waals surface area contributed by atoms with Crippen molar-refractivity contribution in [3.8, 4) is 0 Å². The number of hydrogen-bond donors (Lipinski definition) is 1. The Morgan fingerprint density at radius 3 is 2.56 bits per heavy atom. The lowest BCUT2D eigenvalue weighted by Crippen LogP contribution is -2.25. The second kappa shape index (κ2) is 5.97. The van der Waals surface area contributed by atoms with E-state index in [0.29, 0.717) is 17.9 Å². The highest BCUT2D eigenvalue weighted by Crippen LogP contribution is 2.19. The second-order valence-electron chi connectivity index (χ2n) is 3.69. The molecule has 0 bridgehead atoms. The van der Waals surface area contributed by atoms with Gasteiger partial charge in [0.15, 0.2) is 0 Å². The highest BCUT2D eigenvalue weighted by molar-refractivity contribution is 9.10. The van der Waals surface area contributed by atoms with Crippen molar-refractivity contribution < 1.29 is 8.42 Å². The number of benzene rings is 1. The maximum atomic E-state index is 11.9. The van der Waals surface area contributed by atoms with E-state index in [1.54, 1.807) is 41.7 Å². The Labute approximate surface area is 119 Å². The largest absolute Gasteiger partial charge is 0.240 e. The van der Waals surface area contributed by atoms with Gasteiger partial charge in [-0.1, -0.05) is 18.2 Å². The van der Waals surface area contributed by atoms with Crippen LogP contribution in [-0.4, -0.2) is 15.0 Å². The first-order chi connectivity index (χ1) is 8.58. The fraction of sp³-hybridized carbons (Fsp3) is 0.167. The number of halogens is 1. The number of thiophene rings is 1. The molecule has 1 aromatic carbocycles. The summed E-state index contributed by atoms with van der Waals surface area (Å²) in [5.74, 6) is 0. The van der Waals surface area contributed by atoms with E-state index in [-0.39, 0.29) is 0 Å². The van der Waals surface area contributed by atoms with E-state index in [1.807, 2.05) is 11.4 Å². The van der Waals surface area contributed by atoms with E-state index in [0.717, 1.165) is 9.35 Å². The van der Waals surface area contributed by atoms with E-state index in [9.17, 15) is 8.42 Å². The molecule has 1 heterocycles. The van der Waals surface area contributed by atoms with Crippen LogP contribution in [0.15, 0.2) is 51.1 Å². The highest BCUT2D eigenvalue weighted by Gasteiger charge is 2.12. The third-order valence-corrected chi connectivity index (χ3v) is 5.57. The molecule has 0 spiro atoms. The van der Waals surface area contributed by atoms with Crippen molar-refractivity contribution in [2.24, 2.45) is 0 Å². The molecule has 3 nitrogen and oxygen atoms in total. The molecule has 0 saturated heterocycles. The Bertz CT molecular complexity index is 608. The summed E-state index contributed by atoms with van der Waals surface area (Å²) >= 11 is 4.99. The van der Waals surface area contributed by atoms with Crippen molar-refractivity contribution in [3.05, 3.63) is 51.1 Å². The van der Waals surface area contributed by atoms with Crippen LogP contribution >= 0.6 is 27.3 Å². The molecular weight excluding hydrogens is 334 g/mol. The summed E-state index contributed by atoms with van der Waals surface area (Å²) < 4.78 is 27.5. The number of nitrogens with one attached hydrogen (secondary N) is 1. The summed E-state index contributed by atoms with van der Waals surface area (Å²) in [4.78, 5) is 1.45. The van der Waals surface area contributed by atoms with Gasteiger partial charge in [-0.15, -0.1) is 11.3 Å². The van der Waals surface area contributed by atoms with Gasteiger partial charge in [0.1, 0.15) is 0 Å². The molecule has 0 radical (unpaired) electrons. The fourth-order valence-electron chi connectivity index (χ4n) is 1.48. The summed E-state index contributed by atoms with van der Waals surface area (Å²) in [5, 5.41) is 1.99. The molecule has 18 heavy (non-hydrogen) atoms. The fourth-order valence-corrected chi connectivity index (χ4v) is 3.98. The summed E-state index contributed by atoms with van der Waals surface area (Å²) in [6, 6.07) is 10.4. The molecule has 1 aromatic heterocycles. The van der Waals surface area contributed by atoms with E-state index in [4.69, 9.17) is 0 Å². The normalized spacial score (nSPS) is 11.6.